The fourth-order valence-electron chi connectivity index (χ4n) is 13.1. The standard InChI is InChI=1S/C84H164O17P2/c1-6-9-12-15-18-21-24-27-30-33-36-39-42-45-48-55-60-65-69-83(88)100-79(73-94-81(86)67-62-57-52-46-43-40-37-34-31-28-25-22-19-16-13-10-7-2)75-98-102(90,91)96-71-78(85)72-97-103(92,93)99-76-80(74-95-82(87)68-63-58-53-50-49-51-56-61-66-77(4)5)101-84(89)70-64-59-54-47-44-41-38-35-32-29-26-23-20-17-14-11-8-3/h77-80,85H,6-76H2,1-5H3,(H,90,91)(H,92,93)/t78-,79-,80-/m1/s1. The molecule has 19 heteroatoms. The number of phosphoric acid groups is 2. The van der Waals surface area contributed by atoms with Gasteiger partial charge in [0, 0.05) is 25.7 Å². The van der Waals surface area contributed by atoms with E-state index in [0.717, 1.165) is 95.8 Å². The van der Waals surface area contributed by atoms with Crippen molar-refractivity contribution in [3.05, 3.63) is 0 Å². The summed E-state index contributed by atoms with van der Waals surface area (Å²) in [5.41, 5.74) is 0. The Morgan fingerprint density at radius 3 is 0.660 bits per heavy atom. The van der Waals surface area contributed by atoms with Gasteiger partial charge in [-0.1, -0.05) is 401 Å². The van der Waals surface area contributed by atoms with Crippen LogP contribution in [0.5, 0.6) is 0 Å². The lowest BCUT2D eigenvalue weighted by molar-refractivity contribution is -0.161. The predicted octanol–water partition coefficient (Wildman–Crippen LogP) is 25.6. The van der Waals surface area contributed by atoms with E-state index in [1.54, 1.807) is 0 Å². The molecule has 17 nitrogen and oxygen atoms in total. The van der Waals surface area contributed by atoms with Crippen LogP contribution in [0.15, 0.2) is 0 Å². The first kappa shape index (κ1) is 101. The van der Waals surface area contributed by atoms with Crippen LogP contribution in [0.1, 0.15) is 452 Å². The van der Waals surface area contributed by atoms with Crippen LogP contribution >= 0.6 is 15.6 Å². The number of esters is 4. The number of aliphatic hydroxyl groups excluding tert-OH is 1. The van der Waals surface area contributed by atoms with Crippen molar-refractivity contribution >= 4 is 39.5 Å². The molecule has 0 heterocycles. The van der Waals surface area contributed by atoms with Crippen LogP contribution in [0.3, 0.4) is 0 Å². The molecular weight excluding hydrogens is 1340 g/mol. The third kappa shape index (κ3) is 78.0. The first-order chi connectivity index (χ1) is 50.0. The number of hydrogen-bond acceptors (Lipinski definition) is 15. The van der Waals surface area contributed by atoms with Crippen molar-refractivity contribution in [3.63, 3.8) is 0 Å². The number of rotatable bonds is 84. The van der Waals surface area contributed by atoms with Gasteiger partial charge < -0.3 is 33.8 Å². The minimum atomic E-state index is -4.96. The molecule has 3 N–H and O–H groups in total. The van der Waals surface area contributed by atoms with Crippen molar-refractivity contribution in [2.24, 2.45) is 5.92 Å². The zero-order valence-electron chi connectivity index (χ0n) is 67.5. The average Bonchev–Trinajstić information content (AvgIpc) is 0.912. The highest BCUT2D eigenvalue weighted by molar-refractivity contribution is 7.47. The molecule has 0 aromatic rings. The van der Waals surface area contributed by atoms with Gasteiger partial charge in [-0.3, -0.25) is 37.3 Å². The van der Waals surface area contributed by atoms with Gasteiger partial charge in [-0.05, 0) is 31.6 Å². The first-order valence-electron chi connectivity index (χ1n) is 43.6. The van der Waals surface area contributed by atoms with Crippen molar-refractivity contribution < 1.29 is 80.2 Å². The van der Waals surface area contributed by atoms with Gasteiger partial charge in [0.25, 0.3) is 0 Å². The number of hydrogen-bond donors (Lipinski definition) is 3. The molecule has 0 bridgehead atoms. The highest BCUT2D eigenvalue weighted by atomic mass is 31.2. The van der Waals surface area contributed by atoms with Gasteiger partial charge in [-0.15, -0.1) is 0 Å². The highest BCUT2D eigenvalue weighted by Gasteiger charge is 2.30. The smallest absolute Gasteiger partial charge is 0.462 e. The molecule has 0 aliphatic carbocycles. The molecule has 0 aliphatic rings. The zero-order valence-corrected chi connectivity index (χ0v) is 69.3. The molecule has 0 saturated heterocycles. The summed E-state index contributed by atoms with van der Waals surface area (Å²) in [6.45, 7) is 7.33. The third-order valence-electron chi connectivity index (χ3n) is 19.8. The molecule has 0 saturated carbocycles. The topological polar surface area (TPSA) is 237 Å². The molecular formula is C84H164O17P2. The maximum absolute atomic E-state index is 13.1. The van der Waals surface area contributed by atoms with Gasteiger partial charge in [-0.25, -0.2) is 9.13 Å². The van der Waals surface area contributed by atoms with Gasteiger partial charge in [0.1, 0.15) is 19.3 Å². The summed E-state index contributed by atoms with van der Waals surface area (Å²) >= 11 is 0. The van der Waals surface area contributed by atoms with E-state index in [2.05, 4.69) is 34.6 Å². The molecule has 0 aromatic carbocycles. The monoisotopic (exact) mass is 1510 g/mol. The van der Waals surface area contributed by atoms with Gasteiger partial charge in [0.2, 0.25) is 0 Å². The van der Waals surface area contributed by atoms with E-state index < -0.39 is 97.5 Å². The van der Waals surface area contributed by atoms with Crippen LogP contribution in [0.25, 0.3) is 0 Å². The second-order valence-corrected chi connectivity index (χ2v) is 33.6. The molecule has 5 atom stereocenters. The summed E-state index contributed by atoms with van der Waals surface area (Å²) in [5.74, 6) is -1.37. The maximum Gasteiger partial charge on any atom is 0.472 e. The van der Waals surface area contributed by atoms with Crippen molar-refractivity contribution in [3.8, 4) is 0 Å². The van der Waals surface area contributed by atoms with Crippen molar-refractivity contribution in [2.45, 2.75) is 470 Å². The second-order valence-electron chi connectivity index (χ2n) is 30.7. The van der Waals surface area contributed by atoms with E-state index in [1.807, 2.05) is 0 Å². The lowest BCUT2D eigenvalue weighted by Crippen LogP contribution is -2.30. The van der Waals surface area contributed by atoms with Crippen molar-refractivity contribution in [1.29, 1.82) is 0 Å². The fraction of sp³-hybridized carbons (Fsp3) is 0.952. The summed E-state index contributed by atoms with van der Waals surface area (Å²) in [6, 6.07) is 0. The van der Waals surface area contributed by atoms with Gasteiger partial charge in [0.05, 0.1) is 26.4 Å². The van der Waals surface area contributed by atoms with Gasteiger partial charge in [-0.2, -0.15) is 0 Å². The summed E-state index contributed by atoms with van der Waals surface area (Å²) < 4.78 is 68.9. The second kappa shape index (κ2) is 76.8. The third-order valence-corrected chi connectivity index (χ3v) is 21.7. The summed E-state index contributed by atoms with van der Waals surface area (Å²) in [7, 11) is -9.92. The largest absolute Gasteiger partial charge is 0.472 e. The summed E-state index contributed by atoms with van der Waals surface area (Å²) in [6.07, 6.45) is 69.4. The van der Waals surface area contributed by atoms with Crippen LogP contribution < -0.4 is 0 Å². The van der Waals surface area contributed by atoms with Gasteiger partial charge in [0.15, 0.2) is 12.2 Å². The molecule has 612 valence electrons. The summed E-state index contributed by atoms with van der Waals surface area (Å²) in [4.78, 5) is 73.2. The van der Waals surface area contributed by atoms with E-state index in [0.29, 0.717) is 25.7 Å². The van der Waals surface area contributed by atoms with Crippen molar-refractivity contribution in [2.75, 3.05) is 39.6 Å². The van der Waals surface area contributed by atoms with Crippen molar-refractivity contribution in [1.82, 2.24) is 0 Å². The normalized spacial score (nSPS) is 13.8. The predicted molar refractivity (Wildman–Crippen MR) is 423 cm³/mol. The average molecular weight is 1510 g/mol. The molecule has 103 heavy (non-hydrogen) atoms. The maximum atomic E-state index is 13.1. The first-order valence-corrected chi connectivity index (χ1v) is 46.6. The van der Waals surface area contributed by atoms with Crippen LogP contribution in [0.2, 0.25) is 0 Å². The van der Waals surface area contributed by atoms with Crippen LogP contribution in [0, 0.1) is 5.92 Å². The Kier molecular flexibility index (Phi) is 75.4. The number of ether oxygens (including phenoxy) is 4. The fourth-order valence-corrected chi connectivity index (χ4v) is 14.7. The molecule has 0 amide bonds. The highest BCUT2D eigenvalue weighted by Crippen LogP contribution is 2.45. The number of carbonyl (C=O) groups excluding carboxylic acids is 4. The van der Waals surface area contributed by atoms with Gasteiger partial charge >= 0.3 is 39.5 Å². The molecule has 0 aromatic heterocycles. The SMILES string of the molecule is CCCCCCCCCCCCCCCCCCCCC(=O)O[C@H](COC(=O)CCCCCCCCCCCCCCCCCCC)COP(=O)(O)OC[C@@H](O)COP(=O)(O)OC[C@@H](COC(=O)CCCCCCCCCCC(C)C)OC(=O)CCCCCCCCCCCCCCCCCCC. The van der Waals surface area contributed by atoms with Crippen LogP contribution in [0.4, 0.5) is 0 Å². The Bertz CT molecular complexity index is 1960. The number of aliphatic hydroxyl groups is 1. The molecule has 2 unspecified atom stereocenters. The minimum Gasteiger partial charge on any atom is -0.462 e. The van der Waals surface area contributed by atoms with E-state index in [9.17, 15) is 43.2 Å². The lowest BCUT2D eigenvalue weighted by atomic mass is 10.0. The van der Waals surface area contributed by atoms with Crippen LogP contribution in [-0.2, 0) is 65.4 Å². The molecule has 0 rings (SSSR count). The molecule has 0 aliphatic heterocycles. The Hall–Kier alpha value is -1.94. The number of unbranched alkanes of at least 4 members (excludes halogenated alkanes) is 56. The quantitative estimate of drug-likeness (QED) is 0.0222. The summed E-state index contributed by atoms with van der Waals surface area (Å²) in [5, 5.41) is 10.7. The Balaban J connectivity index is 5.25. The number of phosphoric ester groups is 2. The van der Waals surface area contributed by atoms with E-state index >= 15 is 0 Å². The Morgan fingerprint density at radius 2 is 0.447 bits per heavy atom. The van der Waals surface area contributed by atoms with Crippen LogP contribution in [-0.4, -0.2) is 96.7 Å². The molecule has 0 fully saturated rings. The number of carbonyl (C=O) groups is 4. The zero-order chi connectivity index (χ0) is 75.5. The Labute approximate surface area is 632 Å². The molecule has 0 radical (unpaired) electrons. The molecule has 0 spiro atoms. The van der Waals surface area contributed by atoms with E-state index in [-0.39, 0.29) is 25.7 Å². The minimum absolute atomic E-state index is 0.108. The van der Waals surface area contributed by atoms with E-state index in [1.165, 1.54) is 276 Å². The lowest BCUT2D eigenvalue weighted by Gasteiger charge is -2.21. The van der Waals surface area contributed by atoms with E-state index in [4.69, 9.17) is 37.0 Å². The Morgan fingerprint density at radius 1 is 0.262 bits per heavy atom.